The van der Waals surface area contributed by atoms with E-state index in [4.69, 9.17) is 4.74 Å². The van der Waals surface area contributed by atoms with Crippen molar-refractivity contribution in [1.82, 2.24) is 24.4 Å². The second-order valence-corrected chi connectivity index (χ2v) is 9.44. The smallest absolute Gasteiger partial charge is 0.243 e. The highest BCUT2D eigenvalue weighted by Crippen LogP contribution is 2.29. The molecule has 0 saturated carbocycles. The first-order valence-electron chi connectivity index (χ1n) is 9.67. The molecule has 2 rings (SSSR count). The van der Waals surface area contributed by atoms with Crippen LogP contribution in [0.2, 0.25) is 0 Å². The zero-order valence-corrected chi connectivity index (χ0v) is 19.6. The van der Waals surface area contributed by atoms with E-state index in [-0.39, 0.29) is 22.6 Å². The lowest BCUT2D eigenvalue weighted by atomic mass is 10.2. The molecule has 1 amide bonds. The Hall–Kier alpha value is -1.95. The Labute approximate surface area is 182 Å². The normalized spacial score (nSPS) is 12.9. The maximum absolute atomic E-state index is 12.9. The van der Waals surface area contributed by atoms with E-state index in [0.717, 1.165) is 0 Å². The zero-order chi connectivity index (χ0) is 22.3. The van der Waals surface area contributed by atoms with Crippen LogP contribution >= 0.6 is 11.8 Å². The molecule has 0 bridgehead atoms. The lowest BCUT2D eigenvalue weighted by Crippen LogP contribution is -2.30. The monoisotopic (exact) mass is 455 g/mol. The Kier molecular flexibility index (Phi) is 8.83. The number of thioether (sulfide) groups is 1. The van der Waals surface area contributed by atoms with Crippen molar-refractivity contribution < 1.29 is 17.9 Å². The number of methoxy groups -OCH3 is 1. The molecule has 0 aliphatic carbocycles. The van der Waals surface area contributed by atoms with Crippen LogP contribution < -0.4 is 5.32 Å². The number of aromatic nitrogens is 3. The number of sulfonamides is 1. The van der Waals surface area contributed by atoms with Gasteiger partial charge in [-0.2, -0.15) is 4.31 Å². The van der Waals surface area contributed by atoms with E-state index >= 15 is 0 Å². The minimum atomic E-state index is -3.60. The topological polar surface area (TPSA) is 106 Å². The van der Waals surface area contributed by atoms with Crippen molar-refractivity contribution >= 4 is 27.7 Å². The molecule has 2 aromatic rings. The van der Waals surface area contributed by atoms with E-state index in [1.807, 2.05) is 25.3 Å². The first-order valence-corrected chi connectivity index (χ1v) is 12.1. The van der Waals surface area contributed by atoms with Crippen molar-refractivity contribution in [3.63, 3.8) is 0 Å². The Morgan fingerprint density at radius 2 is 2.00 bits per heavy atom. The van der Waals surface area contributed by atoms with Crippen molar-refractivity contribution in [1.29, 1.82) is 0 Å². The van der Waals surface area contributed by atoms with Gasteiger partial charge in [-0.1, -0.05) is 37.7 Å². The molecule has 1 aromatic heterocycles. The van der Waals surface area contributed by atoms with Gasteiger partial charge in [-0.05, 0) is 19.1 Å². The highest BCUT2D eigenvalue weighted by Gasteiger charge is 2.24. The van der Waals surface area contributed by atoms with E-state index in [2.05, 4.69) is 15.5 Å². The van der Waals surface area contributed by atoms with Crippen molar-refractivity contribution in [3.05, 3.63) is 24.3 Å². The quantitative estimate of drug-likeness (QED) is 0.517. The van der Waals surface area contributed by atoms with Crippen LogP contribution in [0.1, 0.15) is 26.8 Å². The zero-order valence-electron chi connectivity index (χ0n) is 18.0. The third kappa shape index (κ3) is 5.39. The molecule has 9 nitrogen and oxygen atoms in total. The van der Waals surface area contributed by atoms with Gasteiger partial charge >= 0.3 is 0 Å². The van der Waals surface area contributed by atoms with Gasteiger partial charge in [-0.15, -0.1) is 10.2 Å². The molecule has 0 aliphatic rings. The Morgan fingerprint density at radius 1 is 1.30 bits per heavy atom. The molecule has 11 heteroatoms. The summed E-state index contributed by atoms with van der Waals surface area (Å²) in [6.45, 7) is 6.77. The molecule has 30 heavy (non-hydrogen) atoms. The van der Waals surface area contributed by atoms with Crippen LogP contribution in [0.25, 0.3) is 11.4 Å². The molecule has 1 aromatic carbocycles. The first kappa shape index (κ1) is 24.3. The summed E-state index contributed by atoms with van der Waals surface area (Å²) in [6, 6.07) is 6.58. The van der Waals surface area contributed by atoms with E-state index in [0.29, 0.717) is 36.2 Å². The second kappa shape index (κ2) is 10.9. The number of benzene rings is 1. The average molecular weight is 456 g/mol. The van der Waals surface area contributed by atoms with Crippen LogP contribution in [0, 0.1) is 0 Å². The summed E-state index contributed by atoms with van der Waals surface area (Å²) in [5.74, 6) is 0.600. The standard InChI is InChI=1S/C19H29N5O4S2/c1-6-23(7-2)30(26,27)16-10-8-9-15(11-16)18-21-22-19(29-13-17(25)20-4)24(18)14(3)12-28-5/h8-11,14H,6-7,12-13H2,1-5H3,(H,20,25)/t14-/m1/s1. The van der Waals surface area contributed by atoms with Gasteiger partial charge in [0.05, 0.1) is 23.3 Å². The number of ether oxygens (including phenoxy) is 1. The number of hydrogen-bond acceptors (Lipinski definition) is 7. The molecule has 166 valence electrons. The fourth-order valence-corrected chi connectivity index (χ4v) is 5.41. The summed E-state index contributed by atoms with van der Waals surface area (Å²) in [7, 11) is -0.416. The maximum atomic E-state index is 12.9. The summed E-state index contributed by atoms with van der Waals surface area (Å²) in [5.41, 5.74) is 0.630. The third-order valence-electron chi connectivity index (χ3n) is 4.56. The van der Waals surface area contributed by atoms with Gasteiger partial charge in [0, 0.05) is 32.8 Å². The van der Waals surface area contributed by atoms with E-state index in [9.17, 15) is 13.2 Å². The fourth-order valence-electron chi connectivity index (χ4n) is 3.00. The highest BCUT2D eigenvalue weighted by molar-refractivity contribution is 7.99. The minimum Gasteiger partial charge on any atom is -0.383 e. The minimum absolute atomic E-state index is 0.116. The molecule has 0 spiro atoms. The lowest BCUT2D eigenvalue weighted by molar-refractivity contribution is -0.118. The number of hydrogen-bond donors (Lipinski definition) is 1. The molecule has 1 N–H and O–H groups in total. The molecular weight excluding hydrogens is 426 g/mol. The number of carbonyl (C=O) groups excluding carboxylic acids is 1. The predicted octanol–water partition coefficient (Wildman–Crippen LogP) is 2.02. The number of nitrogens with one attached hydrogen (secondary N) is 1. The van der Waals surface area contributed by atoms with Crippen LogP contribution in [0.3, 0.4) is 0 Å². The summed E-state index contributed by atoms with van der Waals surface area (Å²) in [5, 5.41) is 11.7. The molecule has 0 aliphatic heterocycles. The number of carbonyl (C=O) groups is 1. The van der Waals surface area contributed by atoms with Crippen molar-refractivity contribution in [3.8, 4) is 11.4 Å². The van der Waals surface area contributed by atoms with Crippen molar-refractivity contribution in [2.45, 2.75) is 36.9 Å². The van der Waals surface area contributed by atoms with Gasteiger partial charge in [-0.25, -0.2) is 8.42 Å². The van der Waals surface area contributed by atoms with Gasteiger partial charge in [0.15, 0.2) is 11.0 Å². The summed E-state index contributed by atoms with van der Waals surface area (Å²) in [4.78, 5) is 11.9. The predicted molar refractivity (Wildman–Crippen MR) is 117 cm³/mol. The largest absolute Gasteiger partial charge is 0.383 e. The van der Waals surface area contributed by atoms with Crippen LogP contribution in [-0.2, 0) is 19.6 Å². The van der Waals surface area contributed by atoms with Crippen LogP contribution in [0.5, 0.6) is 0 Å². The molecule has 0 unspecified atom stereocenters. The Morgan fingerprint density at radius 3 is 2.60 bits per heavy atom. The van der Waals surface area contributed by atoms with Crippen molar-refractivity contribution in [2.24, 2.45) is 0 Å². The summed E-state index contributed by atoms with van der Waals surface area (Å²) >= 11 is 1.27. The van der Waals surface area contributed by atoms with Gasteiger partial charge in [0.25, 0.3) is 0 Å². The first-order chi connectivity index (χ1) is 14.3. The average Bonchev–Trinajstić information content (AvgIpc) is 3.17. The number of nitrogens with zero attached hydrogens (tertiary/aromatic N) is 4. The Balaban J connectivity index is 2.50. The van der Waals surface area contributed by atoms with E-state index < -0.39 is 10.0 Å². The Bertz CT molecular complexity index is 958. The van der Waals surface area contributed by atoms with Gasteiger partial charge in [0.1, 0.15) is 0 Å². The lowest BCUT2D eigenvalue weighted by Gasteiger charge is -2.20. The van der Waals surface area contributed by atoms with Crippen molar-refractivity contribution in [2.75, 3.05) is 39.6 Å². The number of amides is 1. The number of rotatable bonds is 11. The summed E-state index contributed by atoms with van der Waals surface area (Å²) < 4.78 is 34.4. The molecule has 0 fully saturated rings. The SMILES string of the molecule is CCN(CC)S(=O)(=O)c1cccc(-c2nnc(SCC(=O)NC)n2[C@H](C)COC)c1. The molecule has 0 radical (unpaired) electrons. The van der Waals surface area contributed by atoms with Crippen LogP contribution in [0.4, 0.5) is 0 Å². The molecular formula is C19H29N5O4S2. The third-order valence-corrected chi connectivity index (χ3v) is 7.55. The molecule has 1 atom stereocenters. The summed E-state index contributed by atoms with van der Waals surface area (Å²) in [6.07, 6.45) is 0. The van der Waals surface area contributed by atoms with Gasteiger partial charge < -0.3 is 10.1 Å². The van der Waals surface area contributed by atoms with Crippen LogP contribution in [-0.4, -0.2) is 73.0 Å². The van der Waals surface area contributed by atoms with Gasteiger partial charge in [-0.3, -0.25) is 9.36 Å². The van der Waals surface area contributed by atoms with E-state index in [1.54, 1.807) is 38.4 Å². The second-order valence-electron chi connectivity index (χ2n) is 6.56. The van der Waals surface area contributed by atoms with Gasteiger partial charge in [0.2, 0.25) is 15.9 Å². The van der Waals surface area contributed by atoms with Crippen LogP contribution in [0.15, 0.2) is 34.3 Å². The molecule has 1 heterocycles. The highest BCUT2D eigenvalue weighted by atomic mass is 32.2. The molecule has 0 saturated heterocycles. The maximum Gasteiger partial charge on any atom is 0.243 e. The fraction of sp³-hybridized carbons (Fsp3) is 0.526. The van der Waals surface area contributed by atoms with E-state index in [1.165, 1.54) is 16.1 Å².